The second-order valence-electron chi connectivity index (χ2n) is 14.0. The number of ether oxygens (including phenoxy) is 3. The van der Waals surface area contributed by atoms with Crippen LogP contribution in [0, 0.1) is 40.9 Å². The first-order chi connectivity index (χ1) is 20.8. The molecule has 0 aromatic rings. The van der Waals surface area contributed by atoms with Crippen molar-refractivity contribution in [2.24, 2.45) is 40.9 Å². The van der Waals surface area contributed by atoms with Crippen LogP contribution in [0.25, 0.3) is 0 Å². The molecule has 2 rings (SSSR count). The molecule has 0 heterocycles. The minimum Gasteiger partial charge on any atom is -0.457 e. The van der Waals surface area contributed by atoms with E-state index in [0.717, 1.165) is 0 Å². The average Bonchev–Trinajstić information content (AvgIpc) is 3.24. The fourth-order valence-electron chi connectivity index (χ4n) is 5.89. The van der Waals surface area contributed by atoms with Crippen LogP contribution in [0.5, 0.6) is 0 Å². The Morgan fingerprint density at radius 1 is 0.889 bits per heavy atom. The lowest BCUT2D eigenvalue weighted by Crippen LogP contribution is -2.57. The average molecular weight is 637 g/mol. The first kappa shape index (κ1) is 38.6. The van der Waals surface area contributed by atoms with Gasteiger partial charge >= 0.3 is 17.9 Å². The topological polar surface area (TPSA) is 157 Å². The van der Waals surface area contributed by atoms with E-state index in [1.54, 1.807) is 74.5 Å². The SMILES string of the molecule is C=C1C(OC(=O)C(C)CC)C(OC(=O)C(C)CC)C(O)C(C)(C)C=CC(C)C(=O)C2(O)CC(C)C(O)C2C1OC(=O)C(C)CC. The van der Waals surface area contributed by atoms with Crippen LogP contribution in [0.4, 0.5) is 0 Å². The summed E-state index contributed by atoms with van der Waals surface area (Å²) in [6.07, 6.45) is -3.13. The number of Topliss-reactive ketones (excluding diaryl/α,β-unsaturated/α-hetero) is 1. The smallest absolute Gasteiger partial charge is 0.309 e. The Balaban J connectivity index is 2.97. The largest absolute Gasteiger partial charge is 0.457 e. The molecule has 0 aliphatic heterocycles. The molecule has 10 nitrogen and oxygen atoms in total. The Morgan fingerprint density at radius 2 is 1.33 bits per heavy atom. The van der Waals surface area contributed by atoms with Crippen LogP contribution in [0.2, 0.25) is 0 Å². The third kappa shape index (κ3) is 8.24. The van der Waals surface area contributed by atoms with Gasteiger partial charge in [0.1, 0.15) is 17.8 Å². The van der Waals surface area contributed by atoms with Gasteiger partial charge in [0.2, 0.25) is 0 Å². The van der Waals surface area contributed by atoms with Gasteiger partial charge in [-0.1, -0.05) is 88.0 Å². The van der Waals surface area contributed by atoms with Crippen LogP contribution in [-0.2, 0) is 33.4 Å². The Hall–Kier alpha value is -2.56. The van der Waals surface area contributed by atoms with Crippen LogP contribution in [-0.4, -0.2) is 75.1 Å². The van der Waals surface area contributed by atoms with Gasteiger partial charge < -0.3 is 29.5 Å². The number of aliphatic hydroxyl groups excluding tert-OH is 2. The molecule has 2 aliphatic rings. The van der Waals surface area contributed by atoms with E-state index >= 15 is 0 Å². The van der Waals surface area contributed by atoms with Crippen LogP contribution >= 0.6 is 0 Å². The highest BCUT2D eigenvalue weighted by Crippen LogP contribution is 2.48. The van der Waals surface area contributed by atoms with Gasteiger partial charge in [0.05, 0.1) is 29.8 Å². The summed E-state index contributed by atoms with van der Waals surface area (Å²) in [5.41, 5.74) is -3.42. The van der Waals surface area contributed by atoms with E-state index in [9.17, 15) is 34.5 Å². The van der Waals surface area contributed by atoms with Gasteiger partial charge in [-0.2, -0.15) is 0 Å². The van der Waals surface area contributed by atoms with Crippen LogP contribution in [0.15, 0.2) is 24.3 Å². The van der Waals surface area contributed by atoms with Crippen molar-refractivity contribution in [2.75, 3.05) is 0 Å². The Bertz CT molecular complexity index is 1130. The number of esters is 3. The van der Waals surface area contributed by atoms with E-state index in [-0.39, 0.29) is 12.0 Å². The Labute approximate surface area is 268 Å². The molecule has 256 valence electrons. The van der Waals surface area contributed by atoms with Crippen molar-refractivity contribution in [1.29, 1.82) is 0 Å². The molecule has 0 saturated heterocycles. The van der Waals surface area contributed by atoms with Gasteiger partial charge in [-0.05, 0) is 31.6 Å². The summed E-state index contributed by atoms with van der Waals surface area (Å²) in [6.45, 7) is 21.2. The standard InChI is InChI=1S/C35H56O10/c1-12-18(4)31(39)43-26-23(9)27(44-32(40)19(5)13-2)28(45-33(41)20(6)14-3)30(38)34(10,11)16-15-21(7)29(37)35(42)17-22(8)25(36)24(26)35/h15-16,18-22,24-28,30,36,38,42H,9,12-14,17H2,1-8,10-11H3. The number of aliphatic hydroxyl groups is 3. The molecular weight excluding hydrogens is 580 g/mol. The van der Waals surface area contributed by atoms with E-state index in [1.807, 2.05) is 6.92 Å². The third-order valence-corrected chi connectivity index (χ3v) is 10.0. The molecule has 0 aromatic carbocycles. The summed E-state index contributed by atoms with van der Waals surface area (Å²) in [4.78, 5) is 54.0. The number of hydrogen-bond acceptors (Lipinski definition) is 10. The maximum atomic E-state index is 14.0. The van der Waals surface area contributed by atoms with Gasteiger partial charge in [-0.25, -0.2) is 0 Å². The van der Waals surface area contributed by atoms with Crippen molar-refractivity contribution in [2.45, 2.75) is 131 Å². The molecular formula is C35H56O10. The molecule has 12 unspecified atom stereocenters. The molecule has 3 N–H and O–H groups in total. The van der Waals surface area contributed by atoms with Gasteiger partial charge in [-0.3, -0.25) is 19.2 Å². The number of hydrogen-bond donors (Lipinski definition) is 3. The van der Waals surface area contributed by atoms with E-state index in [4.69, 9.17) is 14.2 Å². The maximum absolute atomic E-state index is 14.0. The molecule has 1 fully saturated rings. The second-order valence-corrected chi connectivity index (χ2v) is 14.0. The summed E-state index contributed by atoms with van der Waals surface area (Å²) >= 11 is 0. The summed E-state index contributed by atoms with van der Waals surface area (Å²) in [5.74, 6) is -7.16. The zero-order chi connectivity index (χ0) is 34.6. The first-order valence-electron chi connectivity index (χ1n) is 16.4. The highest BCUT2D eigenvalue weighted by atomic mass is 16.6. The maximum Gasteiger partial charge on any atom is 0.309 e. The molecule has 45 heavy (non-hydrogen) atoms. The minimum atomic E-state index is -2.15. The summed E-state index contributed by atoms with van der Waals surface area (Å²) in [5, 5.41) is 35.6. The number of ketones is 1. The van der Waals surface area contributed by atoms with Crippen molar-refractivity contribution in [3.8, 4) is 0 Å². The van der Waals surface area contributed by atoms with Crippen LogP contribution in [0.3, 0.4) is 0 Å². The molecule has 0 bridgehead atoms. The van der Waals surface area contributed by atoms with Gasteiger partial charge in [-0.15, -0.1) is 0 Å². The molecule has 2 aliphatic carbocycles. The summed E-state index contributed by atoms with van der Waals surface area (Å²) in [6, 6.07) is 0. The quantitative estimate of drug-likeness (QED) is 0.189. The van der Waals surface area contributed by atoms with Crippen molar-refractivity contribution in [1.82, 2.24) is 0 Å². The van der Waals surface area contributed by atoms with Crippen molar-refractivity contribution in [3.63, 3.8) is 0 Å². The van der Waals surface area contributed by atoms with Gasteiger partial charge in [0.15, 0.2) is 18.0 Å². The van der Waals surface area contributed by atoms with Crippen LogP contribution < -0.4 is 0 Å². The van der Waals surface area contributed by atoms with E-state index in [0.29, 0.717) is 19.3 Å². The molecule has 0 radical (unpaired) electrons. The van der Waals surface area contributed by atoms with E-state index < -0.39 is 101 Å². The lowest BCUT2D eigenvalue weighted by Gasteiger charge is -2.43. The Morgan fingerprint density at radius 3 is 1.80 bits per heavy atom. The molecule has 1 saturated carbocycles. The first-order valence-corrected chi connectivity index (χ1v) is 16.4. The lowest BCUT2D eigenvalue weighted by atomic mass is 9.72. The second kappa shape index (κ2) is 15.4. The van der Waals surface area contributed by atoms with Crippen molar-refractivity contribution >= 4 is 23.7 Å². The predicted molar refractivity (Wildman–Crippen MR) is 168 cm³/mol. The normalized spacial score (nSPS) is 35.7. The van der Waals surface area contributed by atoms with Gasteiger partial charge in [0.25, 0.3) is 0 Å². The third-order valence-electron chi connectivity index (χ3n) is 10.0. The number of fused-ring (bicyclic) bond motifs is 1. The summed E-state index contributed by atoms with van der Waals surface area (Å²) < 4.78 is 18.0. The van der Waals surface area contributed by atoms with Gasteiger partial charge in [0, 0.05) is 16.9 Å². The molecule has 12 atom stereocenters. The zero-order valence-corrected chi connectivity index (χ0v) is 28.7. The molecule has 0 aromatic heterocycles. The zero-order valence-electron chi connectivity index (χ0n) is 28.7. The minimum absolute atomic E-state index is 0.115. The van der Waals surface area contributed by atoms with Crippen molar-refractivity contribution < 1.29 is 48.7 Å². The number of rotatable bonds is 9. The molecule has 0 spiro atoms. The lowest BCUT2D eigenvalue weighted by molar-refractivity contribution is -0.188. The monoisotopic (exact) mass is 636 g/mol. The predicted octanol–water partition coefficient (Wildman–Crippen LogP) is 4.33. The fraction of sp³-hybridized carbons (Fsp3) is 0.771. The highest BCUT2D eigenvalue weighted by molar-refractivity contribution is 5.91. The van der Waals surface area contributed by atoms with Crippen LogP contribution in [0.1, 0.15) is 94.9 Å². The summed E-state index contributed by atoms with van der Waals surface area (Å²) in [7, 11) is 0. The highest BCUT2D eigenvalue weighted by Gasteiger charge is 2.61. The molecule has 10 heteroatoms. The van der Waals surface area contributed by atoms with E-state index in [2.05, 4.69) is 6.58 Å². The number of allylic oxidation sites excluding steroid dienone is 1. The molecule has 0 amide bonds. The fourth-order valence-corrected chi connectivity index (χ4v) is 5.89. The van der Waals surface area contributed by atoms with Crippen molar-refractivity contribution in [3.05, 3.63) is 24.3 Å². The Kier molecular flexibility index (Phi) is 13.2. The number of carbonyl (C=O) groups is 4. The van der Waals surface area contributed by atoms with E-state index in [1.165, 1.54) is 0 Å². The number of carbonyl (C=O) groups excluding carboxylic acids is 4.